The molecule has 2 rings (SSSR count). The van der Waals surface area contributed by atoms with E-state index >= 15 is 0 Å². The largest absolute Gasteiger partial charge is 2.00 e. The Labute approximate surface area is 116 Å². The van der Waals surface area contributed by atoms with E-state index in [4.69, 9.17) is 0 Å². The van der Waals surface area contributed by atoms with Crippen LogP contribution in [-0.4, -0.2) is 60.2 Å². The predicted octanol–water partition coefficient (Wildman–Crippen LogP) is -3.40. The molecule has 0 bridgehead atoms. The second-order valence-corrected chi connectivity index (χ2v) is 3.94. The van der Waals surface area contributed by atoms with Crippen LogP contribution in [0.1, 0.15) is 25.7 Å². The van der Waals surface area contributed by atoms with Crippen LogP contribution in [0.25, 0.3) is 0 Å². The first-order valence-corrected chi connectivity index (χ1v) is 5.49. The minimum atomic E-state index is -0.970. The summed E-state index contributed by atoms with van der Waals surface area (Å²) in [6.45, 7) is 1.64. The van der Waals surface area contributed by atoms with Gasteiger partial charge in [-0.15, -0.1) is 0 Å². The van der Waals surface area contributed by atoms with Crippen LogP contribution in [0.15, 0.2) is 0 Å². The third kappa shape index (κ3) is 6.20. The monoisotopic (exact) mass is 252 g/mol. The van der Waals surface area contributed by atoms with Gasteiger partial charge in [0.15, 0.2) is 0 Å². The first-order valence-electron chi connectivity index (χ1n) is 5.49. The molecule has 0 spiro atoms. The van der Waals surface area contributed by atoms with Gasteiger partial charge in [-0.25, -0.2) is 0 Å². The van der Waals surface area contributed by atoms with Gasteiger partial charge in [0.1, 0.15) is 0 Å². The van der Waals surface area contributed by atoms with Gasteiger partial charge < -0.3 is 30.4 Å². The maximum atomic E-state index is 10.0. The molecule has 7 heteroatoms. The van der Waals surface area contributed by atoms with E-state index in [-0.39, 0.29) is 35.1 Å². The van der Waals surface area contributed by atoms with Crippen LogP contribution < -0.4 is 20.8 Å². The van der Waals surface area contributed by atoms with Crippen LogP contribution in [0.3, 0.4) is 0 Å². The van der Waals surface area contributed by atoms with E-state index in [0.717, 1.165) is 38.8 Å². The fourth-order valence-electron chi connectivity index (χ4n) is 1.77. The third-order valence-electron chi connectivity index (χ3n) is 2.69. The van der Waals surface area contributed by atoms with Gasteiger partial charge in [-0.2, -0.15) is 0 Å². The zero-order chi connectivity index (χ0) is 12.0. The van der Waals surface area contributed by atoms with Crippen LogP contribution in [0.4, 0.5) is 0 Å². The van der Waals surface area contributed by atoms with Gasteiger partial charge in [-0.1, -0.05) is 0 Å². The number of rotatable bonds is 2. The van der Waals surface area contributed by atoms with Crippen molar-refractivity contribution in [2.24, 2.45) is 0 Å². The van der Waals surface area contributed by atoms with Crippen LogP contribution in [0.5, 0.6) is 0 Å². The SMILES string of the molecule is O=C([O-])[C@@H]1CCCN1.O=C([O-])[C@@H]1CCCN1.[Mg+2]. The summed E-state index contributed by atoms with van der Waals surface area (Å²) in [4.78, 5) is 20.1. The number of carbonyl (C=O) groups is 2. The molecule has 2 saturated heterocycles. The molecule has 0 aromatic carbocycles. The normalized spacial score (nSPS) is 26.6. The van der Waals surface area contributed by atoms with Gasteiger partial charge in [-0.05, 0) is 38.8 Å². The van der Waals surface area contributed by atoms with E-state index in [1.807, 2.05) is 0 Å². The molecule has 2 heterocycles. The summed E-state index contributed by atoms with van der Waals surface area (Å²) in [6.07, 6.45) is 3.36. The number of aliphatic carboxylic acids is 2. The van der Waals surface area contributed by atoms with E-state index in [1.54, 1.807) is 0 Å². The standard InChI is InChI=1S/2C5H9NO2.Mg/c2*7-5(8)4-2-1-3-6-4;/h2*4,6H,1-3H2,(H,7,8);/q;;+2/p-2/t2*4-;/m00./s1. The number of carboxylic acid groups (broad SMARTS) is 2. The summed E-state index contributed by atoms with van der Waals surface area (Å²) in [6, 6.07) is -0.759. The Morgan fingerprint density at radius 3 is 1.35 bits per heavy atom. The summed E-state index contributed by atoms with van der Waals surface area (Å²) < 4.78 is 0. The number of carboxylic acids is 2. The smallest absolute Gasteiger partial charge is 0.548 e. The second-order valence-electron chi connectivity index (χ2n) is 3.94. The van der Waals surface area contributed by atoms with E-state index in [1.165, 1.54) is 0 Å². The second kappa shape index (κ2) is 8.68. The molecule has 17 heavy (non-hydrogen) atoms. The van der Waals surface area contributed by atoms with Crippen molar-refractivity contribution in [3.05, 3.63) is 0 Å². The average Bonchev–Trinajstić information content (AvgIpc) is 2.93. The predicted molar refractivity (Wildman–Crippen MR) is 57.8 cm³/mol. The van der Waals surface area contributed by atoms with E-state index in [9.17, 15) is 19.8 Å². The van der Waals surface area contributed by atoms with Gasteiger partial charge in [0.05, 0.1) is 11.9 Å². The van der Waals surface area contributed by atoms with E-state index in [2.05, 4.69) is 10.6 Å². The van der Waals surface area contributed by atoms with Gasteiger partial charge in [0.25, 0.3) is 0 Å². The van der Waals surface area contributed by atoms with Crippen molar-refractivity contribution in [2.75, 3.05) is 13.1 Å². The first kappa shape index (κ1) is 16.6. The fourth-order valence-corrected chi connectivity index (χ4v) is 1.77. The number of carbonyl (C=O) groups excluding carboxylic acids is 2. The minimum absolute atomic E-state index is 0. The molecule has 0 aromatic heterocycles. The summed E-state index contributed by atoms with van der Waals surface area (Å²) in [7, 11) is 0. The molecule has 2 fully saturated rings. The quantitative estimate of drug-likeness (QED) is 0.496. The maximum absolute atomic E-state index is 10.0. The average molecular weight is 253 g/mol. The molecule has 0 aromatic rings. The Morgan fingerprint density at radius 1 is 0.882 bits per heavy atom. The number of hydrogen-bond donors (Lipinski definition) is 2. The van der Waals surface area contributed by atoms with Crippen molar-refractivity contribution < 1.29 is 19.8 Å². The molecular formula is C10H16MgN2O4. The van der Waals surface area contributed by atoms with Gasteiger partial charge in [-0.3, -0.25) is 0 Å². The Bertz CT molecular complexity index is 225. The molecule has 2 N–H and O–H groups in total. The summed E-state index contributed by atoms with van der Waals surface area (Å²) >= 11 is 0. The zero-order valence-electron chi connectivity index (χ0n) is 9.74. The van der Waals surface area contributed by atoms with Crippen molar-refractivity contribution in [3.8, 4) is 0 Å². The topological polar surface area (TPSA) is 104 Å². The Morgan fingerprint density at radius 2 is 1.24 bits per heavy atom. The van der Waals surface area contributed by atoms with Crippen molar-refractivity contribution in [3.63, 3.8) is 0 Å². The van der Waals surface area contributed by atoms with Crippen LogP contribution in [-0.2, 0) is 9.59 Å². The Hall–Kier alpha value is -0.374. The van der Waals surface area contributed by atoms with Crippen molar-refractivity contribution in [2.45, 2.75) is 37.8 Å². The molecule has 0 radical (unpaired) electrons. The van der Waals surface area contributed by atoms with Crippen molar-refractivity contribution >= 4 is 35.0 Å². The molecule has 2 aliphatic heterocycles. The molecule has 92 valence electrons. The molecule has 0 amide bonds. The number of nitrogens with one attached hydrogen (secondary N) is 2. The van der Waals surface area contributed by atoms with Crippen LogP contribution in [0.2, 0.25) is 0 Å². The minimum Gasteiger partial charge on any atom is -0.548 e. The molecule has 6 nitrogen and oxygen atoms in total. The zero-order valence-corrected chi connectivity index (χ0v) is 11.2. The Balaban J connectivity index is 0.000000284. The van der Waals surface area contributed by atoms with E-state index in [0.29, 0.717) is 0 Å². The number of hydrogen-bond acceptors (Lipinski definition) is 6. The van der Waals surface area contributed by atoms with Crippen molar-refractivity contribution in [1.82, 2.24) is 10.6 Å². The maximum Gasteiger partial charge on any atom is 2.00 e. The van der Waals surface area contributed by atoms with Crippen LogP contribution in [0, 0.1) is 0 Å². The summed E-state index contributed by atoms with van der Waals surface area (Å²) in [5, 5.41) is 25.6. The van der Waals surface area contributed by atoms with Gasteiger partial charge in [0.2, 0.25) is 0 Å². The molecular weight excluding hydrogens is 236 g/mol. The van der Waals surface area contributed by atoms with Crippen molar-refractivity contribution in [1.29, 1.82) is 0 Å². The molecule has 0 unspecified atom stereocenters. The molecule has 2 atom stereocenters. The Kier molecular flexibility index (Phi) is 8.49. The fraction of sp³-hybridized carbons (Fsp3) is 0.800. The molecule has 2 aliphatic rings. The summed E-state index contributed by atoms with van der Waals surface area (Å²) in [5.74, 6) is -1.94. The van der Waals surface area contributed by atoms with Crippen LogP contribution >= 0.6 is 0 Å². The molecule has 0 aliphatic carbocycles. The van der Waals surface area contributed by atoms with E-state index < -0.39 is 11.9 Å². The molecule has 0 saturated carbocycles. The van der Waals surface area contributed by atoms with Gasteiger partial charge >= 0.3 is 23.1 Å². The van der Waals surface area contributed by atoms with Gasteiger partial charge in [0, 0.05) is 12.1 Å². The summed E-state index contributed by atoms with van der Waals surface area (Å²) in [5.41, 5.74) is 0. The third-order valence-corrected chi connectivity index (χ3v) is 2.69. The first-order chi connectivity index (χ1) is 7.61.